The normalized spacial score (nSPS) is 28.3. The predicted octanol–water partition coefficient (Wildman–Crippen LogP) is 1.54. The van der Waals surface area contributed by atoms with Crippen LogP contribution in [0.1, 0.15) is 32.1 Å². The van der Waals surface area contributed by atoms with Crippen molar-refractivity contribution in [3.05, 3.63) is 0 Å². The Morgan fingerprint density at radius 1 is 1.13 bits per heavy atom. The molecule has 1 aliphatic rings. The molecule has 0 aromatic rings. The summed E-state index contributed by atoms with van der Waals surface area (Å²) in [6.07, 6.45) is 7.02. The molecule has 1 rings (SSSR count). The van der Waals surface area contributed by atoms with Crippen molar-refractivity contribution in [3.63, 3.8) is 0 Å². The lowest BCUT2D eigenvalue weighted by Crippen LogP contribution is -2.32. The van der Waals surface area contributed by atoms with E-state index < -0.39 is 9.84 Å². The third-order valence-corrected chi connectivity index (χ3v) is 4.42. The Kier molecular flexibility index (Phi) is 4.59. The van der Waals surface area contributed by atoms with Gasteiger partial charge in [-0.25, -0.2) is 8.42 Å². The lowest BCUT2D eigenvalue weighted by atomic mass is 9.84. The molecule has 1 saturated carbocycles. The topological polar surface area (TPSA) is 37.4 Å². The van der Waals surface area contributed by atoms with Crippen molar-refractivity contribution in [2.24, 2.45) is 5.92 Å². The van der Waals surface area contributed by atoms with Gasteiger partial charge in [0.05, 0.1) is 5.75 Å². The molecule has 0 aromatic carbocycles. The molecular weight excluding hydrogens is 210 g/mol. The highest BCUT2D eigenvalue weighted by Crippen LogP contribution is 2.28. The van der Waals surface area contributed by atoms with E-state index in [9.17, 15) is 8.42 Å². The van der Waals surface area contributed by atoms with Crippen LogP contribution in [-0.4, -0.2) is 45.5 Å². The first kappa shape index (κ1) is 13.0. The maximum Gasteiger partial charge on any atom is 0.147 e. The summed E-state index contributed by atoms with van der Waals surface area (Å²) in [6, 6.07) is 0.708. The Morgan fingerprint density at radius 3 is 2.07 bits per heavy atom. The van der Waals surface area contributed by atoms with Gasteiger partial charge in [-0.15, -0.1) is 0 Å². The summed E-state index contributed by atoms with van der Waals surface area (Å²) >= 11 is 0. The van der Waals surface area contributed by atoms with Gasteiger partial charge in [0, 0.05) is 12.3 Å². The van der Waals surface area contributed by atoms with E-state index in [0.717, 1.165) is 6.42 Å². The Bertz CT molecular complexity index is 277. The van der Waals surface area contributed by atoms with Crippen LogP contribution in [0.25, 0.3) is 0 Å². The molecule has 0 spiro atoms. The van der Waals surface area contributed by atoms with Crippen molar-refractivity contribution in [3.8, 4) is 0 Å². The highest BCUT2D eigenvalue weighted by atomic mass is 32.2. The molecule has 90 valence electrons. The molecule has 0 atom stereocenters. The second-order valence-electron chi connectivity index (χ2n) is 5.06. The average Bonchev–Trinajstić information content (AvgIpc) is 2.14. The standard InChI is InChI=1S/C11H23NO2S/c1-12(2)11-6-4-10(5-7-11)8-9-15(3,13)14/h10-11H,4-9H2,1-3H3. The summed E-state index contributed by atoms with van der Waals surface area (Å²) in [5.41, 5.74) is 0. The van der Waals surface area contributed by atoms with Crippen molar-refractivity contribution in [1.82, 2.24) is 4.90 Å². The van der Waals surface area contributed by atoms with Crippen molar-refractivity contribution < 1.29 is 8.42 Å². The van der Waals surface area contributed by atoms with E-state index in [1.54, 1.807) is 0 Å². The van der Waals surface area contributed by atoms with E-state index in [-0.39, 0.29) is 0 Å². The number of hydrogen-bond acceptors (Lipinski definition) is 3. The minimum absolute atomic E-state index is 0.365. The van der Waals surface area contributed by atoms with Gasteiger partial charge in [-0.1, -0.05) is 0 Å². The van der Waals surface area contributed by atoms with Gasteiger partial charge in [0.15, 0.2) is 0 Å². The second-order valence-corrected chi connectivity index (χ2v) is 7.32. The first-order valence-electron chi connectivity index (χ1n) is 5.72. The molecule has 1 fully saturated rings. The molecule has 15 heavy (non-hydrogen) atoms. The lowest BCUT2D eigenvalue weighted by Gasteiger charge is -2.32. The molecule has 0 N–H and O–H groups in total. The average molecular weight is 233 g/mol. The zero-order valence-electron chi connectivity index (χ0n) is 10.1. The minimum Gasteiger partial charge on any atom is -0.306 e. The van der Waals surface area contributed by atoms with Crippen LogP contribution in [0.4, 0.5) is 0 Å². The van der Waals surface area contributed by atoms with E-state index in [1.807, 2.05) is 0 Å². The van der Waals surface area contributed by atoms with Crippen LogP contribution in [0.2, 0.25) is 0 Å². The maximum absolute atomic E-state index is 11.0. The summed E-state index contributed by atoms with van der Waals surface area (Å²) in [5, 5.41) is 0. The maximum atomic E-state index is 11.0. The van der Waals surface area contributed by atoms with Crippen molar-refractivity contribution in [1.29, 1.82) is 0 Å². The predicted molar refractivity (Wildman–Crippen MR) is 63.8 cm³/mol. The van der Waals surface area contributed by atoms with Gasteiger partial charge >= 0.3 is 0 Å². The Hall–Kier alpha value is -0.0900. The molecule has 0 unspecified atom stereocenters. The molecule has 0 aromatic heterocycles. The summed E-state index contributed by atoms with van der Waals surface area (Å²) in [4.78, 5) is 2.28. The molecular formula is C11H23NO2S. The molecule has 0 bridgehead atoms. The molecule has 0 saturated heterocycles. The largest absolute Gasteiger partial charge is 0.306 e. The summed E-state index contributed by atoms with van der Waals surface area (Å²) < 4.78 is 22.1. The van der Waals surface area contributed by atoms with Gasteiger partial charge in [0.1, 0.15) is 9.84 Å². The van der Waals surface area contributed by atoms with E-state index in [2.05, 4.69) is 19.0 Å². The molecule has 4 heteroatoms. The number of nitrogens with zero attached hydrogens (tertiary/aromatic N) is 1. The quantitative estimate of drug-likeness (QED) is 0.739. The number of rotatable bonds is 4. The van der Waals surface area contributed by atoms with E-state index in [1.165, 1.54) is 31.9 Å². The highest BCUT2D eigenvalue weighted by Gasteiger charge is 2.22. The SMILES string of the molecule is CN(C)C1CCC(CCS(C)(=O)=O)CC1. The fourth-order valence-corrected chi connectivity index (χ4v) is 3.09. The smallest absolute Gasteiger partial charge is 0.147 e. The summed E-state index contributed by atoms with van der Waals surface area (Å²) in [7, 11) is 1.49. The third kappa shape index (κ3) is 4.98. The first-order valence-corrected chi connectivity index (χ1v) is 7.78. The van der Waals surface area contributed by atoms with Crippen molar-refractivity contribution >= 4 is 9.84 Å². The molecule has 0 heterocycles. The monoisotopic (exact) mass is 233 g/mol. The van der Waals surface area contributed by atoms with Gasteiger partial charge in [0.2, 0.25) is 0 Å². The van der Waals surface area contributed by atoms with Gasteiger partial charge in [0.25, 0.3) is 0 Å². The van der Waals surface area contributed by atoms with Gasteiger partial charge in [-0.2, -0.15) is 0 Å². The molecule has 3 nitrogen and oxygen atoms in total. The van der Waals surface area contributed by atoms with Crippen LogP contribution < -0.4 is 0 Å². The van der Waals surface area contributed by atoms with Gasteiger partial charge in [-0.3, -0.25) is 0 Å². The Morgan fingerprint density at radius 2 is 1.67 bits per heavy atom. The number of hydrogen-bond donors (Lipinski definition) is 0. The van der Waals surface area contributed by atoms with Crippen LogP contribution in [-0.2, 0) is 9.84 Å². The zero-order valence-corrected chi connectivity index (χ0v) is 10.9. The Labute approximate surface area is 93.8 Å². The van der Waals surface area contributed by atoms with Crippen LogP contribution in [0, 0.1) is 5.92 Å². The lowest BCUT2D eigenvalue weighted by molar-refractivity contribution is 0.191. The molecule has 0 amide bonds. The number of sulfone groups is 1. The molecule has 0 aliphatic heterocycles. The van der Waals surface area contributed by atoms with Gasteiger partial charge < -0.3 is 4.90 Å². The first-order chi connectivity index (χ1) is 6.88. The summed E-state index contributed by atoms with van der Waals surface area (Å²) in [6.45, 7) is 0. The zero-order chi connectivity index (χ0) is 11.5. The van der Waals surface area contributed by atoms with Crippen molar-refractivity contribution in [2.45, 2.75) is 38.1 Å². The van der Waals surface area contributed by atoms with Crippen LogP contribution in [0.3, 0.4) is 0 Å². The fraction of sp³-hybridized carbons (Fsp3) is 1.00. The van der Waals surface area contributed by atoms with E-state index >= 15 is 0 Å². The third-order valence-electron chi connectivity index (χ3n) is 3.44. The van der Waals surface area contributed by atoms with Crippen LogP contribution >= 0.6 is 0 Å². The summed E-state index contributed by atoms with van der Waals surface area (Å²) in [5.74, 6) is 1.00. The van der Waals surface area contributed by atoms with Crippen molar-refractivity contribution in [2.75, 3.05) is 26.1 Å². The minimum atomic E-state index is -2.76. The van der Waals surface area contributed by atoms with E-state index in [0.29, 0.717) is 17.7 Å². The Balaban J connectivity index is 2.26. The second kappa shape index (κ2) is 5.30. The van der Waals surface area contributed by atoms with Gasteiger partial charge in [-0.05, 0) is 52.1 Å². The fourth-order valence-electron chi connectivity index (χ4n) is 2.33. The van der Waals surface area contributed by atoms with Crippen LogP contribution in [0.5, 0.6) is 0 Å². The molecule has 0 radical (unpaired) electrons. The van der Waals surface area contributed by atoms with E-state index in [4.69, 9.17) is 0 Å². The molecule has 1 aliphatic carbocycles. The highest BCUT2D eigenvalue weighted by molar-refractivity contribution is 7.90. The van der Waals surface area contributed by atoms with Crippen LogP contribution in [0.15, 0.2) is 0 Å².